The lowest BCUT2D eigenvalue weighted by atomic mass is 9.96. The van der Waals surface area contributed by atoms with Crippen LogP contribution in [0.4, 0.5) is 4.79 Å². The molecule has 5 rings (SSSR count). The number of imide groups is 1. The zero-order valence-electron chi connectivity index (χ0n) is 19.4. The van der Waals surface area contributed by atoms with Gasteiger partial charge in [-0.1, -0.05) is 17.9 Å². The quantitative estimate of drug-likeness (QED) is 0.509. The number of urea groups is 1. The Morgan fingerprint density at radius 3 is 2.63 bits per heavy atom. The highest BCUT2D eigenvalue weighted by atomic mass is 16.2. The van der Waals surface area contributed by atoms with Crippen LogP contribution in [0.5, 0.6) is 0 Å². The van der Waals surface area contributed by atoms with Crippen molar-refractivity contribution < 1.29 is 19.2 Å². The van der Waals surface area contributed by atoms with E-state index in [-0.39, 0.29) is 35.6 Å². The molecule has 3 aliphatic heterocycles. The Balaban J connectivity index is 1.19. The van der Waals surface area contributed by atoms with E-state index in [2.05, 4.69) is 28.5 Å². The van der Waals surface area contributed by atoms with Crippen LogP contribution in [0.15, 0.2) is 18.2 Å². The molecule has 9 heteroatoms. The average molecular weight is 474 g/mol. The summed E-state index contributed by atoms with van der Waals surface area (Å²) in [7, 11) is 0. The zero-order valence-corrected chi connectivity index (χ0v) is 19.4. The van der Waals surface area contributed by atoms with E-state index in [9.17, 15) is 19.2 Å². The van der Waals surface area contributed by atoms with Gasteiger partial charge in [0.05, 0.1) is 11.5 Å². The van der Waals surface area contributed by atoms with Crippen molar-refractivity contribution in [1.29, 1.82) is 5.26 Å². The average Bonchev–Trinajstić information content (AvgIpc) is 3.58. The zero-order chi connectivity index (χ0) is 24.6. The molecule has 3 fully saturated rings. The van der Waals surface area contributed by atoms with Crippen LogP contribution in [0.3, 0.4) is 0 Å². The highest BCUT2D eigenvalue weighted by Crippen LogP contribution is 2.44. The summed E-state index contributed by atoms with van der Waals surface area (Å²) in [5.74, 6) is 5.77. The van der Waals surface area contributed by atoms with Gasteiger partial charge in [0.15, 0.2) is 0 Å². The number of nitrogens with zero attached hydrogens (tertiary/aromatic N) is 3. The van der Waals surface area contributed by atoms with E-state index in [1.807, 2.05) is 6.07 Å². The van der Waals surface area contributed by atoms with Crippen molar-refractivity contribution in [2.45, 2.75) is 51.1 Å². The fourth-order valence-electron chi connectivity index (χ4n) is 4.95. The van der Waals surface area contributed by atoms with E-state index in [4.69, 9.17) is 5.26 Å². The number of fused-ring (bicyclic) bond motifs is 1. The van der Waals surface area contributed by atoms with Gasteiger partial charge in [0.2, 0.25) is 11.8 Å². The number of hydrogen-bond donors (Lipinski definition) is 2. The molecule has 1 atom stereocenters. The fraction of sp³-hybridized carbons (Fsp3) is 0.500. The van der Waals surface area contributed by atoms with Gasteiger partial charge >= 0.3 is 6.03 Å². The summed E-state index contributed by atoms with van der Waals surface area (Å²) in [5, 5.41) is 14.4. The Morgan fingerprint density at radius 1 is 1.17 bits per heavy atom. The molecule has 1 aromatic carbocycles. The Kier molecular flexibility index (Phi) is 5.94. The summed E-state index contributed by atoms with van der Waals surface area (Å²) in [4.78, 5) is 52.5. The van der Waals surface area contributed by atoms with Crippen molar-refractivity contribution in [2.75, 3.05) is 19.6 Å². The highest BCUT2D eigenvalue weighted by Gasteiger charge is 2.43. The number of piperidine rings is 2. The second-order valence-electron chi connectivity index (χ2n) is 9.81. The predicted octanol–water partition coefficient (Wildman–Crippen LogP) is 1.52. The molecule has 180 valence electrons. The summed E-state index contributed by atoms with van der Waals surface area (Å²) in [6.45, 7) is 1.93. The number of nitriles is 1. The number of hydrogen-bond acceptors (Lipinski definition) is 5. The SMILES string of the molecule is N#CC1(CNC(=O)N2CCC(C#Cc3cccc4c3CN(C3CCC(=O)NC3=O)C4=O)CC2)CC1. The summed E-state index contributed by atoms with van der Waals surface area (Å²) in [5.41, 5.74) is 1.79. The van der Waals surface area contributed by atoms with Crippen LogP contribution in [0.2, 0.25) is 0 Å². The first-order valence-electron chi connectivity index (χ1n) is 12.1. The van der Waals surface area contributed by atoms with Crippen molar-refractivity contribution in [3.8, 4) is 17.9 Å². The lowest BCUT2D eigenvalue weighted by Gasteiger charge is -2.30. The number of nitrogens with one attached hydrogen (secondary N) is 2. The first-order chi connectivity index (χ1) is 16.9. The molecule has 4 aliphatic rings. The van der Waals surface area contributed by atoms with Gasteiger partial charge in [-0.05, 0) is 49.8 Å². The second-order valence-corrected chi connectivity index (χ2v) is 9.81. The van der Waals surface area contributed by atoms with Gasteiger partial charge in [-0.25, -0.2) is 4.79 Å². The number of rotatable bonds is 3. The summed E-state index contributed by atoms with van der Waals surface area (Å²) in [6, 6.07) is 6.96. The first kappa shape index (κ1) is 22.9. The lowest BCUT2D eigenvalue weighted by Crippen LogP contribution is -2.52. The molecule has 2 N–H and O–H groups in total. The van der Waals surface area contributed by atoms with Crippen molar-refractivity contribution in [3.05, 3.63) is 34.9 Å². The Bertz CT molecular complexity index is 1190. The van der Waals surface area contributed by atoms with E-state index >= 15 is 0 Å². The van der Waals surface area contributed by atoms with Crippen LogP contribution >= 0.6 is 0 Å². The molecule has 1 unspecified atom stereocenters. The third-order valence-corrected chi connectivity index (χ3v) is 7.44. The van der Waals surface area contributed by atoms with Crippen molar-refractivity contribution in [3.63, 3.8) is 0 Å². The number of carbonyl (C=O) groups is 4. The van der Waals surface area contributed by atoms with Crippen LogP contribution in [-0.4, -0.2) is 59.2 Å². The maximum absolute atomic E-state index is 13.0. The van der Waals surface area contributed by atoms with E-state index < -0.39 is 11.9 Å². The molecule has 35 heavy (non-hydrogen) atoms. The maximum atomic E-state index is 13.0. The molecule has 5 amide bonds. The Labute approximate surface area is 203 Å². The molecule has 0 aromatic heterocycles. The van der Waals surface area contributed by atoms with Crippen LogP contribution in [0.25, 0.3) is 0 Å². The van der Waals surface area contributed by atoms with Gasteiger partial charge in [0.25, 0.3) is 5.91 Å². The molecular weight excluding hydrogens is 446 g/mol. The van der Waals surface area contributed by atoms with Gasteiger partial charge < -0.3 is 15.1 Å². The predicted molar refractivity (Wildman–Crippen MR) is 124 cm³/mol. The molecule has 9 nitrogen and oxygen atoms in total. The van der Waals surface area contributed by atoms with Crippen LogP contribution in [0, 0.1) is 34.5 Å². The third kappa shape index (κ3) is 4.59. The Morgan fingerprint density at radius 2 is 1.94 bits per heavy atom. The standard InChI is InChI=1S/C26H27N5O4/c27-15-26(10-11-26)16-28-25(35)30-12-8-17(9-13-30)4-5-18-2-1-3-19-20(18)14-31(24(19)34)21-6-7-22(32)29-23(21)33/h1-3,17,21H,6-14,16H2,(H,28,35)(H,29,32,33). The number of carbonyl (C=O) groups excluding carboxylic acids is 4. The Hall–Kier alpha value is -3.85. The molecule has 1 saturated carbocycles. The van der Waals surface area contributed by atoms with Gasteiger partial charge in [-0.2, -0.15) is 5.26 Å². The molecule has 0 bridgehead atoms. The summed E-state index contributed by atoms with van der Waals surface area (Å²) in [6.07, 6.45) is 3.78. The van der Waals surface area contributed by atoms with Crippen molar-refractivity contribution >= 4 is 23.8 Å². The van der Waals surface area contributed by atoms with E-state index in [1.165, 1.54) is 4.90 Å². The lowest BCUT2D eigenvalue weighted by molar-refractivity contribution is -0.136. The smallest absolute Gasteiger partial charge is 0.317 e. The highest BCUT2D eigenvalue weighted by molar-refractivity contribution is 6.05. The van der Waals surface area contributed by atoms with E-state index in [1.54, 1.807) is 17.0 Å². The molecular formula is C26H27N5O4. The summed E-state index contributed by atoms with van der Waals surface area (Å²) >= 11 is 0. The van der Waals surface area contributed by atoms with Crippen LogP contribution < -0.4 is 10.6 Å². The normalized spacial score (nSPS) is 23.1. The molecule has 0 radical (unpaired) electrons. The minimum absolute atomic E-state index is 0.120. The third-order valence-electron chi connectivity index (χ3n) is 7.44. The largest absolute Gasteiger partial charge is 0.336 e. The number of benzene rings is 1. The molecule has 1 aliphatic carbocycles. The molecule has 0 spiro atoms. The minimum Gasteiger partial charge on any atom is -0.336 e. The topological polar surface area (TPSA) is 123 Å². The number of amides is 5. The summed E-state index contributed by atoms with van der Waals surface area (Å²) < 4.78 is 0. The van der Waals surface area contributed by atoms with Crippen LogP contribution in [0.1, 0.15) is 60.0 Å². The second kappa shape index (κ2) is 9.07. The minimum atomic E-state index is -0.646. The number of likely N-dealkylation sites (tertiary alicyclic amines) is 1. The molecule has 2 saturated heterocycles. The fourth-order valence-corrected chi connectivity index (χ4v) is 4.95. The van der Waals surface area contributed by atoms with Crippen molar-refractivity contribution in [1.82, 2.24) is 20.4 Å². The maximum Gasteiger partial charge on any atom is 0.317 e. The molecule has 1 aromatic rings. The monoisotopic (exact) mass is 473 g/mol. The van der Waals surface area contributed by atoms with Crippen LogP contribution in [-0.2, 0) is 16.1 Å². The van der Waals surface area contributed by atoms with Gasteiger partial charge in [0.1, 0.15) is 6.04 Å². The van der Waals surface area contributed by atoms with Gasteiger partial charge in [-0.3, -0.25) is 19.7 Å². The van der Waals surface area contributed by atoms with E-state index in [0.717, 1.165) is 36.8 Å². The molecule has 3 heterocycles. The van der Waals surface area contributed by atoms with Gasteiger partial charge in [-0.15, -0.1) is 0 Å². The first-order valence-corrected chi connectivity index (χ1v) is 12.1. The van der Waals surface area contributed by atoms with Crippen molar-refractivity contribution in [2.24, 2.45) is 11.3 Å². The van der Waals surface area contributed by atoms with E-state index in [0.29, 0.717) is 38.2 Å². The van der Waals surface area contributed by atoms with Gasteiger partial charge in [0, 0.05) is 49.6 Å².